The van der Waals surface area contributed by atoms with Crippen LogP contribution in [0.5, 0.6) is 0 Å². The van der Waals surface area contributed by atoms with Gasteiger partial charge in [0.15, 0.2) is 0 Å². The number of rotatable bonds is 1. The van der Waals surface area contributed by atoms with Crippen LogP contribution in [0.2, 0.25) is 0 Å². The second-order valence-electron chi connectivity index (χ2n) is 1.80. The highest BCUT2D eigenvalue weighted by atomic mass is 14.6. The van der Waals surface area contributed by atoms with E-state index in [0.717, 1.165) is 5.56 Å². The Balaban J connectivity index is 2.85. The molecule has 1 nitrogen and oxygen atoms in total. The summed E-state index contributed by atoms with van der Waals surface area (Å²) >= 11 is 0. The first-order valence-electron chi connectivity index (χ1n) is 2.90. The standard InChI is InChI=1S/C8H9N/c1-9-7-8-5-3-2-4-6-8/h2-7H,1H3. The SMILES string of the molecule is CN=Cc1ccccc1. The number of aliphatic imine (C=N–C) groups is 1. The molecule has 0 heterocycles. The maximum absolute atomic E-state index is 3.88. The minimum Gasteiger partial charge on any atom is -0.296 e. The van der Waals surface area contributed by atoms with Crippen molar-refractivity contribution in [3.63, 3.8) is 0 Å². The molecule has 0 aliphatic rings. The second-order valence-corrected chi connectivity index (χ2v) is 1.80. The topological polar surface area (TPSA) is 12.4 Å². The van der Waals surface area contributed by atoms with E-state index in [1.54, 1.807) is 7.05 Å². The van der Waals surface area contributed by atoms with Gasteiger partial charge in [0.25, 0.3) is 0 Å². The van der Waals surface area contributed by atoms with Crippen LogP contribution in [-0.2, 0) is 0 Å². The zero-order valence-electron chi connectivity index (χ0n) is 5.41. The fourth-order valence-corrected chi connectivity index (χ4v) is 0.688. The summed E-state index contributed by atoms with van der Waals surface area (Å²) in [6.45, 7) is 0. The summed E-state index contributed by atoms with van der Waals surface area (Å²) in [6.07, 6.45) is 1.83. The highest BCUT2D eigenvalue weighted by molar-refractivity contribution is 5.79. The lowest BCUT2D eigenvalue weighted by molar-refractivity contribution is 1.46. The van der Waals surface area contributed by atoms with Crippen molar-refractivity contribution < 1.29 is 0 Å². The predicted molar refractivity (Wildman–Crippen MR) is 40.0 cm³/mol. The zero-order valence-corrected chi connectivity index (χ0v) is 5.41. The molecule has 0 atom stereocenters. The van der Waals surface area contributed by atoms with Crippen LogP contribution in [0.25, 0.3) is 0 Å². The molecule has 1 heteroatoms. The maximum Gasteiger partial charge on any atom is 0.0281 e. The van der Waals surface area contributed by atoms with Gasteiger partial charge in [-0.05, 0) is 5.56 Å². The highest BCUT2D eigenvalue weighted by Crippen LogP contribution is 1.92. The van der Waals surface area contributed by atoms with Crippen LogP contribution >= 0.6 is 0 Å². The predicted octanol–water partition coefficient (Wildman–Crippen LogP) is 1.74. The van der Waals surface area contributed by atoms with Gasteiger partial charge in [0.05, 0.1) is 0 Å². The Morgan fingerprint density at radius 1 is 1.22 bits per heavy atom. The Hall–Kier alpha value is -1.11. The Bertz CT molecular complexity index is 189. The number of hydrogen-bond acceptors (Lipinski definition) is 1. The molecule has 0 saturated carbocycles. The molecule has 9 heavy (non-hydrogen) atoms. The van der Waals surface area contributed by atoms with E-state index in [-0.39, 0.29) is 0 Å². The van der Waals surface area contributed by atoms with E-state index < -0.39 is 0 Å². The van der Waals surface area contributed by atoms with Gasteiger partial charge in [0.1, 0.15) is 0 Å². The van der Waals surface area contributed by atoms with E-state index in [2.05, 4.69) is 4.99 Å². The van der Waals surface area contributed by atoms with Gasteiger partial charge in [-0.2, -0.15) is 0 Å². The van der Waals surface area contributed by atoms with Crippen LogP contribution in [0.15, 0.2) is 35.3 Å². The Kier molecular flexibility index (Phi) is 2.02. The lowest BCUT2D eigenvalue weighted by atomic mass is 10.2. The third kappa shape index (κ3) is 1.68. The number of hydrogen-bond donors (Lipinski definition) is 0. The molecule has 1 rings (SSSR count). The first-order valence-corrected chi connectivity index (χ1v) is 2.90. The molecule has 0 spiro atoms. The van der Waals surface area contributed by atoms with Crippen molar-refractivity contribution in [1.29, 1.82) is 0 Å². The van der Waals surface area contributed by atoms with E-state index in [1.165, 1.54) is 0 Å². The third-order valence-electron chi connectivity index (χ3n) is 1.08. The molecule has 1 aromatic carbocycles. The molecule has 0 radical (unpaired) electrons. The van der Waals surface area contributed by atoms with Crippen molar-refractivity contribution in [2.45, 2.75) is 0 Å². The fraction of sp³-hybridized carbons (Fsp3) is 0.125. The average Bonchev–Trinajstić information content (AvgIpc) is 1.91. The van der Waals surface area contributed by atoms with Gasteiger partial charge >= 0.3 is 0 Å². The fourth-order valence-electron chi connectivity index (χ4n) is 0.688. The molecule has 1 aromatic rings. The first-order chi connectivity index (χ1) is 4.43. The Morgan fingerprint density at radius 2 is 1.89 bits per heavy atom. The molecule has 0 bridgehead atoms. The summed E-state index contributed by atoms with van der Waals surface area (Å²) in [5.41, 5.74) is 1.15. The molecule has 0 aromatic heterocycles. The molecule has 0 aliphatic heterocycles. The van der Waals surface area contributed by atoms with Crippen molar-refractivity contribution in [2.24, 2.45) is 4.99 Å². The molecule has 0 unspecified atom stereocenters. The monoisotopic (exact) mass is 119 g/mol. The van der Waals surface area contributed by atoms with E-state index in [0.29, 0.717) is 0 Å². The van der Waals surface area contributed by atoms with E-state index in [9.17, 15) is 0 Å². The van der Waals surface area contributed by atoms with Crippen LogP contribution in [0.1, 0.15) is 5.56 Å². The van der Waals surface area contributed by atoms with E-state index in [1.807, 2.05) is 36.5 Å². The van der Waals surface area contributed by atoms with Gasteiger partial charge in [-0.15, -0.1) is 0 Å². The minimum absolute atomic E-state index is 1.15. The molecule has 0 amide bonds. The summed E-state index contributed by atoms with van der Waals surface area (Å²) in [7, 11) is 1.77. The molecule has 46 valence electrons. The zero-order chi connectivity index (χ0) is 6.53. The lowest BCUT2D eigenvalue weighted by Gasteiger charge is -1.86. The van der Waals surface area contributed by atoms with Crippen LogP contribution in [0.3, 0.4) is 0 Å². The van der Waals surface area contributed by atoms with Gasteiger partial charge in [0.2, 0.25) is 0 Å². The highest BCUT2D eigenvalue weighted by Gasteiger charge is 1.78. The van der Waals surface area contributed by atoms with Gasteiger partial charge in [-0.1, -0.05) is 30.3 Å². The molecule has 0 N–H and O–H groups in total. The van der Waals surface area contributed by atoms with Gasteiger partial charge < -0.3 is 0 Å². The lowest BCUT2D eigenvalue weighted by Crippen LogP contribution is -1.75. The van der Waals surface area contributed by atoms with Crippen LogP contribution in [0.4, 0.5) is 0 Å². The quantitative estimate of drug-likeness (QED) is 0.499. The average molecular weight is 119 g/mol. The van der Waals surface area contributed by atoms with Crippen LogP contribution in [-0.4, -0.2) is 13.3 Å². The molecular weight excluding hydrogens is 110 g/mol. The van der Waals surface area contributed by atoms with Gasteiger partial charge in [-0.3, -0.25) is 4.99 Å². The molecular formula is C8H9N. The maximum atomic E-state index is 3.88. The third-order valence-corrected chi connectivity index (χ3v) is 1.08. The molecule has 0 aliphatic carbocycles. The van der Waals surface area contributed by atoms with Crippen molar-refractivity contribution in [2.75, 3.05) is 7.05 Å². The number of benzene rings is 1. The Labute approximate surface area is 55.1 Å². The summed E-state index contributed by atoms with van der Waals surface area (Å²) < 4.78 is 0. The summed E-state index contributed by atoms with van der Waals surface area (Å²) in [5.74, 6) is 0. The smallest absolute Gasteiger partial charge is 0.0281 e. The normalized spacial score (nSPS) is 10.3. The van der Waals surface area contributed by atoms with Crippen molar-refractivity contribution in [3.05, 3.63) is 35.9 Å². The van der Waals surface area contributed by atoms with Gasteiger partial charge in [-0.25, -0.2) is 0 Å². The minimum atomic E-state index is 1.15. The van der Waals surface area contributed by atoms with Crippen LogP contribution in [0, 0.1) is 0 Å². The van der Waals surface area contributed by atoms with Crippen molar-refractivity contribution >= 4 is 6.21 Å². The summed E-state index contributed by atoms with van der Waals surface area (Å²) in [4.78, 5) is 3.88. The van der Waals surface area contributed by atoms with Crippen molar-refractivity contribution in [3.8, 4) is 0 Å². The largest absolute Gasteiger partial charge is 0.296 e. The van der Waals surface area contributed by atoms with E-state index in [4.69, 9.17) is 0 Å². The van der Waals surface area contributed by atoms with Gasteiger partial charge in [0, 0.05) is 13.3 Å². The number of nitrogens with zero attached hydrogens (tertiary/aromatic N) is 1. The first kappa shape index (κ1) is 6.02. The van der Waals surface area contributed by atoms with E-state index >= 15 is 0 Å². The van der Waals surface area contributed by atoms with Crippen LogP contribution < -0.4 is 0 Å². The molecule has 0 saturated heterocycles. The summed E-state index contributed by atoms with van der Waals surface area (Å²) in [6, 6.07) is 10.0. The van der Waals surface area contributed by atoms with Crippen molar-refractivity contribution in [1.82, 2.24) is 0 Å². The second kappa shape index (κ2) is 3.02. The molecule has 0 fully saturated rings. The summed E-state index contributed by atoms with van der Waals surface area (Å²) in [5, 5.41) is 0. The Morgan fingerprint density at radius 3 is 2.44 bits per heavy atom.